The van der Waals surface area contributed by atoms with E-state index in [1.807, 2.05) is 0 Å². The third kappa shape index (κ3) is 0.996. The first-order valence-electron chi connectivity index (χ1n) is 2.34. The summed E-state index contributed by atoms with van der Waals surface area (Å²) in [6, 6.07) is -1.75. The van der Waals surface area contributed by atoms with Crippen LogP contribution in [0.5, 0.6) is 0 Å². The second-order valence-corrected chi connectivity index (χ2v) is 1.80. The largest absolute Gasteiger partial charge is 0.480 e. The molecule has 5 heteroatoms. The summed E-state index contributed by atoms with van der Waals surface area (Å²) in [5, 5.41) is 18.6. The molecular weight excluding hydrogens is 126 g/mol. The molecule has 0 unspecified atom stereocenters. The number of hydrogen-bond acceptors (Lipinski definition) is 3. The van der Waals surface area contributed by atoms with Crippen molar-refractivity contribution in [2.75, 3.05) is 0 Å². The van der Waals surface area contributed by atoms with Crippen molar-refractivity contribution in [1.82, 2.24) is 5.32 Å². The van der Waals surface area contributed by atoms with Gasteiger partial charge in [-0.25, -0.2) is 0 Å². The molecule has 0 aromatic heterocycles. The van der Waals surface area contributed by atoms with Crippen molar-refractivity contribution in [3.63, 3.8) is 0 Å². The number of aliphatic carboxylic acids is 2. The summed E-state index contributed by atoms with van der Waals surface area (Å²) in [7, 11) is 0. The fourth-order valence-corrected chi connectivity index (χ4v) is 0.566. The smallest absolute Gasteiger partial charge is 0.322 e. The van der Waals surface area contributed by atoms with Gasteiger partial charge in [-0.15, -0.1) is 0 Å². The third-order valence-electron chi connectivity index (χ3n) is 1.12. The van der Waals surface area contributed by atoms with Crippen LogP contribution in [0.1, 0.15) is 0 Å². The van der Waals surface area contributed by atoms with Crippen LogP contribution in [0, 0.1) is 0 Å². The number of rotatable bonds is 2. The predicted octanol–water partition coefficient (Wildman–Crippen LogP) is -1.50. The van der Waals surface area contributed by atoms with Gasteiger partial charge >= 0.3 is 11.9 Å². The fraction of sp³-hybridized carbons (Fsp3) is 0.500. The molecule has 1 rings (SSSR count). The van der Waals surface area contributed by atoms with E-state index in [1.54, 1.807) is 0 Å². The number of carboxylic acids is 2. The van der Waals surface area contributed by atoms with Crippen LogP contribution in [-0.2, 0) is 9.59 Å². The number of hydrogen-bond donors (Lipinski definition) is 3. The SMILES string of the molecule is O=C(O)[C@H]1N[C@H]1C(=O)O. The minimum Gasteiger partial charge on any atom is -0.480 e. The zero-order valence-corrected chi connectivity index (χ0v) is 4.37. The van der Waals surface area contributed by atoms with E-state index in [1.165, 1.54) is 0 Å². The third-order valence-corrected chi connectivity index (χ3v) is 1.12. The first-order valence-corrected chi connectivity index (χ1v) is 2.34. The molecule has 0 spiro atoms. The van der Waals surface area contributed by atoms with E-state index in [4.69, 9.17) is 10.2 Å². The first kappa shape index (κ1) is 6.03. The standard InChI is InChI=1S/C4H5NO4/c6-3(7)1-2(5-1)4(8)9/h1-2,5H,(H,6,7)(H,8,9)/t1-,2+. The zero-order valence-electron chi connectivity index (χ0n) is 4.37. The van der Waals surface area contributed by atoms with Crippen molar-refractivity contribution in [3.05, 3.63) is 0 Å². The van der Waals surface area contributed by atoms with Gasteiger partial charge in [0.05, 0.1) is 0 Å². The Kier molecular flexibility index (Phi) is 1.14. The van der Waals surface area contributed by atoms with E-state index in [9.17, 15) is 9.59 Å². The molecule has 0 saturated carbocycles. The summed E-state index contributed by atoms with van der Waals surface area (Å²) in [5.41, 5.74) is 0. The second kappa shape index (κ2) is 1.70. The van der Waals surface area contributed by atoms with E-state index in [-0.39, 0.29) is 0 Å². The van der Waals surface area contributed by atoms with Crippen LogP contribution < -0.4 is 5.32 Å². The highest BCUT2D eigenvalue weighted by Crippen LogP contribution is 2.09. The molecule has 3 N–H and O–H groups in total. The Morgan fingerprint density at radius 1 is 1.11 bits per heavy atom. The molecule has 1 aliphatic rings. The van der Waals surface area contributed by atoms with Crippen LogP contribution in [0.2, 0.25) is 0 Å². The maximum atomic E-state index is 9.95. The lowest BCUT2D eigenvalue weighted by molar-refractivity contribution is -0.140. The van der Waals surface area contributed by atoms with Crippen LogP contribution in [-0.4, -0.2) is 34.2 Å². The van der Waals surface area contributed by atoms with Gasteiger partial charge in [0.15, 0.2) is 0 Å². The quantitative estimate of drug-likeness (QED) is 0.396. The summed E-state index contributed by atoms with van der Waals surface area (Å²) >= 11 is 0. The Labute approximate surface area is 50.3 Å². The monoisotopic (exact) mass is 131 g/mol. The summed E-state index contributed by atoms with van der Waals surface area (Å²) in [4.78, 5) is 19.9. The van der Waals surface area contributed by atoms with Gasteiger partial charge in [-0.1, -0.05) is 0 Å². The summed E-state index contributed by atoms with van der Waals surface area (Å²) in [6.45, 7) is 0. The summed E-state index contributed by atoms with van der Waals surface area (Å²) in [5.74, 6) is -2.22. The Bertz CT molecular complexity index is 148. The topological polar surface area (TPSA) is 96.5 Å². The Morgan fingerprint density at radius 3 is 1.56 bits per heavy atom. The molecule has 0 aromatic rings. The Morgan fingerprint density at radius 2 is 1.44 bits per heavy atom. The predicted molar refractivity (Wildman–Crippen MR) is 26.0 cm³/mol. The number of nitrogens with one attached hydrogen (secondary N) is 1. The van der Waals surface area contributed by atoms with Gasteiger partial charge in [-0.2, -0.15) is 0 Å². The van der Waals surface area contributed by atoms with Crippen molar-refractivity contribution in [1.29, 1.82) is 0 Å². The number of carbonyl (C=O) groups is 2. The highest BCUT2D eigenvalue weighted by Gasteiger charge is 2.47. The van der Waals surface area contributed by atoms with Gasteiger partial charge in [0, 0.05) is 0 Å². The van der Waals surface area contributed by atoms with Crippen LogP contribution >= 0.6 is 0 Å². The highest BCUT2D eigenvalue weighted by molar-refractivity contribution is 5.90. The molecule has 5 nitrogen and oxygen atoms in total. The molecule has 1 heterocycles. The van der Waals surface area contributed by atoms with E-state index in [2.05, 4.69) is 5.32 Å². The van der Waals surface area contributed by atoms with Crippen molar-refractivity contribution in [3.8, 4) is 0 Å². The normalized spacial score (nSPS) is 31.6. The van der Waals surface area contributed by atoms with E-state index in [0.717, 1.165) is 0 Å². The van der Waals surface area contributed by atoms with Crippen molar-refractivity contribution >= 4 is 11.9 Å². The molecule has 0 bridgehead atoms. The second-order valence-electron chi connectivity index (χ2n) is 1.80. The van der Waals surface area contributed by atoms with E-state index >= 15 is 0 Å². The lowest BCUT2D eigenvalue weighted by Gasteiger charge is -1.81. The molecule has 50 valence electrons. The highest BCUT2D eigenvalue weighted by atomic mass is 16.4. The van der Waals surface area contributed by atoms with Crippen molar-refractivity contribution < 1.29 is 19.8 Å². The van der Waals surface area contributed by atoms with Crippen LogP contribution in [0.4, 0.5) is 0 Å². The molecule has 9 heavy (non-hydrogen) atoms. The average molecular weight is 131 g/mol. The van der Waals surface area contributed by atoms with Crippen LogP contribution in [0.15, 0.2) is 0 Å². The first-order chi connectivity index (χ1) is 4.13. The van der Waals surface area contributed by atoms with Crippen LogP contribution in [0.25, 0.3) is 0 Å². The summed E-state index contributed by atoms with van der Waals surface area (Å²) in [6.07, 6.45) is 0. The zero-order chi connectivity index (χ0) is 7.02. The number of carboxylic acid groups (broad SMARTS) is 2. The van der Waals surface area contributed by atoms with Crippen molar-refractivity contribution in [2.45, 2.75) is 12.1 Å². The molecule has 2 atom stereocenters. The molecule has 0 aromatic carbocycles. The van der Waals surface area contributed by atoms with E-state index in [0.29, 0.717) is 0 Å². The van der Waals surface area contributed by atoms with Gasteiger partial charge in [0.1, 0.15) is 12.1 Å². The molecule has 0 radical (unpaired) electrons. The minimum absolute atomic E-state index is 0.873. The lowest BCUT2D eigenvalue weighted by Crippen LogP contribution is -2.14. The van der Waals surface area contributed by atoms with Gasteiger partial charge in [0.2, 0.25) is 0 Å². The van der Waals surface area contributed by atoms with Gasteiger partial charge < -0.3 is 10.2 Å². The molecule has 1 aliphatic heterocycles. The fourth-order valence-electron chi connectivity index (χ4n) is 0.566. The minimum atomic E-state index is -1.11. The van der Waals surface area contributed by atoms with Gasteiger partial charge in [-0.05, 0) is 0 Å². The van der Waals surface area contributed by atoms with Crippen molar-refractivity contribution in [2.24, 2.45) is 0 Å². The Balaban J connectivity index is 2.42. The molecule has 0 aliphatic carbocycles. The van der Waals surface area contributed by atoms with Crippen LogP contribution in [0.3, 0.4) is 0 Å². The molecular formula is C4H5NO4. The van der Waals surface area contributed by atoms with E-state index < -0.39 is 24.0 Å². The Hall–Kier alpha value is -1.10. The molecule has 0 amide bonds. The maximum absolute atomic E-state index is 9.95. The summed E-state index contributed by atoms with van der Waals surface area (Å²) < 4.78 is 0. The molecule has 1 saturated heterocycles. The maximum Gasteiger partial charge on any atom is 0.322 e. The van der Waals surface area contributed by atoms with Gasteiger partial charge in [-0.3, -0.25) is 14.9 Å². The molecule has 1 fully saturated rings. The lowest BCUT2D eigenvalue weighted by atomic mass is 10.3. The average Bonchev–Trinajstić information content (AvgIpc) is 2.39. The van der Waals surface area contributed by atoms with Gasteiger partial charge in [0.25, 0.3) is 0 Å².